The number of nitriles is 1. The molecule has 0 saturated carbocycles. The number of nitrogens with one attached hydrogen (secondary N) is 1. The van der Waals surface area contributed by atoms with Crippen LogP contribution in [-0.2, 0) is 25.7 Å². The summed E-state index contributed by atoms with van der Waals surface area (Å²) in [6.45, 7) is 1.07. The molecule has 0 fully saturated rings. The molecule has 9 nitrogen and oxygen atoms in total. The molecule has 1 amide bonds. The summed E-state index contributed by atoms with van der Waals surface area (Å²) in [5.74, 6) is -0.572. The fraction of sp³-hybridized carbons (Fsp3) is 0.400. The number of aromatic nitrogens is 2. The highest BCUT2D eigenvalue weighted by atomic mass is 32.1. The Morgan fingerprint density at radius 2 is 2.20 bits per heavy atom. The molecule has 2 aromatic rings. The first kappa shape index (κ1) is 22.4. The van der Waals surface area contributed by atoms with Gasteiger partial charge in [-0.15, -0.1) is 11.3 Å². The zero-order valence-electron chi connectivity index (χ0n) is 14.0. The Labute approximate surface area is 148 Å². The van der Waals surface area contributed by atoms with Crippen molar-refractivity contribution < 1.29 is 19.1 Å². The zero-order chi connectivity index (χ0) is 19.1. The van der Waals surface area contributed by atoms with E-state index in [1.165, 1.54) is 17.7 Å². The largest absolute Gasteiger partial charge is 0.384 e. The highest BCUT2D eigenvalue weighted by Gasteiger charge is 2.04. The van der Waals surface area contributed by atoms with Gasteiger partial charge in [0.25, 0.3) is 5.56 Å². The number of fused-ring (bicyclic) bond motifs is 1. The molecule has 0 spiro atoms. The van der Waals surface area contributed by atoms with Gasteiger partial charge in [0, 0.05) is 25.5 Å². The Kier molecular flexibility index (Phi) is 12.4. The minimum atomic E-state index is -0.572. The van der Waals surface area contributed by atoms with Gasteiger partial charge in [-0.3, -0.25) is 9.59 Å². The average Bonchev–Trinajstić information content (AvgIpc) is 2.98. The van der Waals surface area contributed by atoms with Crippen molar-refractivity contribution in [1.82, 2.24) is 9.97 Å². The fourth-order valence-electron chi connectivity index (χ4n) is 1.37. The number of methoxy groups -OCH3 is 2. The van der Waals surface area contributed by atoms with E-state index in [0.717, 1.165) is 16.0 Å². The third kappa shape index (κ3) is 9.98. The van der Waals surface area contributed by atoms with E-state index in [9.17, 15) is 14.4 Å². The molecule has 0 bridgehead atoms. The number of primary amides is 1. The molecule has 0 saturated heterocycles. The number of thiophene rings is 1. The van der Waals surface area contributed by atoms with Gasteiger partial charge in [-0.1, -0.05) is 0 Å². The second kappa shape index (κ2) is 13.8. The zero-order valence-corrected chi connectivity index (χ0v) is 14.8. The summed E-state index contributed by atoms with van der Waals surface area (Å²) in [6.07, 6.45) is 2.58. The number of carbonyl (C=O) groups excluding carboxylic acids is 2. The van der Waals surface area contributed by atoms with Crippen LogP contribution in [0.15, 0.2) is 17.2 Å². The van der Waals surface area contributed by atoms with Crippen molar-refractivity contribution in [3.05, 3.63) is 27.6 Å². The van der Waals surface area contributed by atoms with Crippen LogP contribution in [0.2, 0.25) is 0 Å². The maximum absolute atomic E-state index is 11.3. The van der Waals surface area contributed by atoms with E-state index in [1.807, 2.05) is 6.07 Å². The lowest BCUT2D eigenvalue weighted by Crippen LogP contribution is -2.07. The van der Waals surface area contributed by atoms with Crippen LogP contribution >= 0.6 is 11.3 Å². The number of carbonyl (C=O) groups is 2. The summed E-state index contributed by atoms with van der Waals surface area (Å²) in [7, 11) is 3.20. The highest BCUT2D eigenvalue weighted by molar-refractivity contribution is 7.18. The molecule has 0 atom stereocenters. The number of amides is 1. The van der Waals surface area contributed by atoms with Crippen molar-refractivity contribution in [3.8, 4) is 6.07 Å². The van der Waals surface area contributed by atoms with Crippen molar-refractivity contribution >= 4 is 33.7 Å². The lowest BCUT2D eigenvalue weighted by molar-refractivity contribution is -0.117. The average molecular weight is 368 g/mol. The highest BCUT2D eigenvalue weighted by Crippen LogP contribution is 2.20. The molecule has 0 aliphatic carbocycles. The Morgan fingerprint density at radius 1 is 1.48 bits per heavy atom. The first-order valence-electron chi connectivity index (χ1n) is 7.03. The second-order valence-corrected chi connectivity index (χ2v) is 5.46. The number of aldehydes is 1. The summed E-state index contributed by atoms with van der Waals surface area (Å²) in [5, 5.41) is 8.32. The normalized spacial score (nSPS) is 9.16. The van der Waals surface area contributed by atoms with Crippen LogP contribution in [-0.4, -0.2) is 43.0 Å². The van der Waals surface area contributed by atoms with Gasteiger partial charge in [0.15, 0.2) is 0 Å². The van der Waals surface area contributed by atoms with Crippen LogP contribution in [0.1, 0.15) is 17.7 Å². The summed E-state index contributed by atoms with van der Waals surface area (Å²) < 4.78 is 9.52. The van der Waals surface area contributed by atoms with Crippen LogP contribution < -0.4 is 11.3 Å². The lowest BCUT2D eigenvalue weighted by Gasteiger charge is -1.89. The number of rotatable bonds is 6. The van der Waals surface area contributed by atoms with Gasteiger partial charge in [0.2, 0.25) is 5.91 Å². The third-order valence-corrected chi connectivity index (χ3v) is 3.38. The van der Waals surface area contributed by atoms with Gasteiger partial charge in [-0.05, 0) is 6.07 Å². The summed E-state index contributed by atoms with van der Waals surface area (Å²) >= 11 is 1.48. The van der Waals surface area contributed by atoms with E-state index in [4.69, 9.17) is 10.00 Å². The molecule has 0 aromatic carbocycles. The first-order valence-corrected chi connectivity index (χ1v) is 7.84. The molecule has 0 radical (unpaired) electrons. The molecule has 0 aliphatic rings. The monoisotopic (exact) mass is 368 g/mol. The van der Waals surface area contributed by atoms with Crippen molar-refractivity contribution in [2.45, 2.75) is 19.4 Å². The quantitative estimate of drug-likeness (QED) is 0.564. The van der Waals surface area contributed by atoms with Gasteiger partial charge in [0.1, 0.15) is 17.5 Å². The van der Waals surface area contributed by atoms with Crippen LogP contribution in [0.4, 0.5) is 0 Å². The van der Waals surface area contributed by atoms with Crippen LogP contribution in [0.3, 0.4) is 0 Å². The van der Waals surface area contributed by atoms with E-state index in [2.05, 4.69) is 20.4 Å². The first-order chi connectivity index (χ1) is 12.0. The van der Waals surface area contributed by atoms with Gasteiger partial charge in [-0.2, -0.15) is 5.26 Å². The summed E-state index contributed by atoms with van der Waals surface area (Å²) in [6, 6.07) is 3.41. The number of ether oxygens (including phenoxy) is 2. The third-order valence-electron chi connectivity index (χ3n) is 2.37. The molecule has 0 aliphatic heterocycles. The lowest BCUT2D eigenvalue weighted by atomic mass is 10.4. The van der Waals surface area contributed by atoms with Crippen LogP contribution in [0.25, 0.3) is 10.2 Å². The molecule has 136 valence electrons. The maximum Gasteiger partial charge on any atom is 0.259 e. The summed E-state index contributed by atoms with van der Waals surface area (Å²) in [4.78, 5) is 38.7. The Balaban J connectivity index is 0.000000406. The number of H-pyrrole nitrogens is 1. The van der Waals surface area contributed by atoms with Crippen LogP contribution in [0.5, 0.6) is 0 Å². The van der Waals surface area contributed by atoms with E-state index >= 15 is 0 Å². The van der Waals surface area contributed by atoms with E-state index in [0.29, 0.717) is 25.0 Å². The molecule has 2 aromatic heterocycles. The van der Waals surface area contributed by atoms with Gasteiger partial charge in [0.05, 0.1) is 31.0 Å². The SMILES string of the molecule is COCCC=O.COCc1cc2c(=O)[nH]cnc2s1.N#CCC(N)=O. The minimum Gasteiger partial charge on any atom is -0.384 e. The van der Waals surface area contributed by atoms with Crippen LogP contribution in [0, 0.1) is 11.3 Å². The number of hydrogen-bond donors (Lipinski definition) is 2. The topological polar surface area (TPSA) is 148 Å². The molecule has 2 rings (SSSR count). The molecular weight excluding hydrogens is 348 g/mol. The van der Waals surface area contributed by atoms with Crippen molar-refractivity contribution in [3.63, 3.8) is 0 Å². The Bertz CT molecular complexity index is 750. The number of hydrogen-bond acceptors (Lipinski definition) is 8. The number of nitrogens with two attached hydrogens (primary N) is 1. The van der Waals surface area contributed by atoms with E-state index in [1.54, 1.807) is 20.3 Å². The second-order valence-electron chi connectivity index (χ2n) is 4.35. The van der Waals surface area contributed by atoms with Crippen molar-refractivity contribution in [2.75, 3.05) is 20.8 Å². The standard InChI is InChI=1S/C8H8N2O2S.C4H8O2.C3H4N2O/c1-12-3-5-2-6-7(11)9-4-10-8(6)13-5;1-6-4-2-3-5;4-2-1-3(5)6/h2,4H,3H2,1H3,(H,9,10,11);3H,2,4H2,1H3;1H2,(H2,5,6). The predicted octanol–water partition coefficient (Wildman–Crippen LogP) is 0.738. The van der Waals surface area contributed by atoms with Gasteiger partial charge in [-0.25, -0.2) is 4.98 Å². The molecule has 0 unspecified atom stereocenters. The fourth-order valence-corrected chi connectivity index (χ4v) is 2.34. The molecule has 3 N–H and O–H groups in total. The molecular formula is C15H20N4O5S. The molecule has 10 heteroatoms. The van der Waals surface area contributed by atoms with E-state index < -0.39 is 5.91 Å². The summed E-state index contributed by atoms with van der Waals surface area (Å²) in [5.41, 5.74) is 4.45. The predicted molar refractivity (Wildman–Crippen MR) is 92.9 cm³/mol. The maximum atomic E-state index is 11.3. The smallest absolute Gasteiger partial charge is 0.259 e. The van der Waals surface area contributed by atoms with Crippen molar-refractivity contribution in [2.24, 2.45) is 5.73 Å². The van der Waals surface area contributed by atoms with E-state index in [-0.39, 0.29) is 12.0 Å². The Hall–Kier alpha value is -2.61. The van der Waals surface area contributed by atoms with Gasteiger partial charge < -0.3 is 25.0 Å². The van der Waals surface area contributed by atoms with Crippen molar-refractivity contribution in [1.29, 1.82) is 5.26 Å². The minimum absolute atomic E-state index is 0.0939. The molecule has 2 heterocycles. The molecule has 25 heavy (non-hydrogen) atoms. The number of aromatic amines is 1. The number of nitrogens with zero attached hydrogens (tertiary/aromatic N) is 2. The Morgan fingerprint density at radius 3 is 2.60 bits per heavy atom. The van der Waals surface area contributed by atoms with Gasteiger partial charge >= 0.3 is 0 Å².